The van der Waals surface area contributed by atoms with Gasteiger partial charge < -0.3 is 20.3 Å². The van der Waals surface area contributed by atoms with Crippen LogP contribution in [0.3, 0.4) is 0 Å². The molecule has 0 aliphatic rings. The van der Waals surface area contributed by atoms with Crippen LogP contribution in [0, 0.1) is 0 Å². The molecular formula is C11H12F3NO4. The van der Waals surface area contributed by atoms with Crippen LogP contribution in [-0.2, 0) is 4.79 Å². The van der Waals surface area contributed by atoms with Crippen LogP contribution in [0.25, 0.3) is 0 Å². The van der Waals surface area contributed by atoms with Crippen LogP contribution in [-0.4, -0.2) is 34.7 Å². The second kappa shape index (κ2) is 5.35. The van der Waals surface area contributed by atoms with Crippen molar-refractivity contribution in [3.05, 3.63) is 24.3 Å². The van der Waals surface area contributed by atoms with Gasteiger partial charge in [-0.2, -0.15) is 0 Å². The minimum atomic E-state index is -4.80. The summed E-state index contributed by atoms with van der Waals surface area (Å²) in [6.45, 7) is 0.705. The quantitative estimate of drug-likeness (QED) is 0.766. The Morgan fingerprint density at radius 2 is 2.05 bits per heavy atom. The number of carboxylic acid groups (broad SMARTS) is 1. The molecule has 0 saturated carbocycles. The van der Waals surface area contributed by atoms with Gasteiger partial charge in [-0.3, -0.25) is 0 Å². The average molecular weight is 279 g/mol. The minimum absolute atomic E-state index is 0.197. The van der Waals surface area contributed by atoms with Crippen LogP contribution in [0.1, 0.15) is 6.92 Å². The molecule has 5 nitrogen and oxygen atoms in total. The predicted octanol–water partition coefficient (Wildman–Crippen LogP) is 1.83. The first-order chi connectivity index (χ1) is 8.60. The normalized spacial score (nSPS) is 14.6. The van der Waals surface area contributed by atoms with Gasteiger partial charge in [-0.1, -0.05) is 6.07 Å². The van der Waals surface area contributed by atoms with Crippen molar-refractivity contribution in [2.45, 2.75) is 18.9 Å². The molecule has 0 aliphatic carbocycles. The maximum absolute atomic E-state index is 12.0. The van der Waals surface area contributed by atoms with Crippen LogP contribution in [0.15, 0.2) is 24.3 Å². The number of nitrogens with one attached hydrogen (secondary N) is 1. The van der Waals surface area contributed by atoms with Gasteiger partial charge in [0.1, 0.15) is 5.75 Å². The topological polar surface area (TPSA) is 78.8 Å². The molecule has 0 aliphatic heterocycles. The lowest BCUT2D eigenvalue weighted by molar-refractivity contribution is -0.274. The van der Waals surface area contributed by atoms with Crippen LogP contribution < -0.4 is 10.1 Å². The Morgan fingerprint density at radius 3 is 2.58 bits per heavy atom. The molecule has 0 saturated heterocycles. The van der Waals surface area contributed by atoms with E-state index in [1.165, 1.54) is 12.1 Å². The molecule has 0 fully saturated rings. The molecular weight excluding hydrogens is 267 g/mol. The Balaban J connectivity index is 2.70. The third kappa shape index (κ3) is 5.04. The third-order valence-electron chi connectivity index (χ3n) is 2.17. The summed E-state index contributed by atoms with van der Waals surface area (Å²) < 4.78 is 39.7. The molecule has 0 radical (unpaired) electrons. The minimum Gasteiger partial charge on any atom is -0.479 e. The summed E-state index contributed by atoms with van der Waals surface area (Å²) in [5, 5.41) is 20.6. The Hall–Kier alpha value is -1.96. The summed E-state index contributed by atoms with van der Waals surface area (Å²) in [5.74, 6) is -1.88. The van der Waals surface area contributed by atoms with Crippen LogP contribution in [0.4, 0.5) is 18.9 Å². The van der Waals surface area contributed by atoms with Crippen molar-refractivity contribution in [3.63, 3.8) is 0 Å². The highest BCUT2D eigenvalue weighted by Gasteiger charge is 2.31. The van der Waals surface area contributed by atoms with E-state index in [2.05, 4.69) is 10.1 Å². The van der Waals surface area contributed by atoms with Crippen LogP contribution in [0.2, 0.25) is 0 Å². The lowest BCUT2D eigenvalue weighted by Crippen LogP contribution is -2.41. The standard InChI is InChI=1S/C11H12F3NO4/c1-10(18,9(16)17)6-15-7-3-2-4-8(5-7)19-11(12,13)14/h2-5,15,18H,6H2,1H3,(H,16,17). The van der Waals surface area contributed by atoms with Crippen LogP contribution in [0.5, 0.6) is 5.75 Å². The van der Waals surface area contributed by atoms with E-state index in [1.54, 1.807) is 0 Å². The van der Waals surface area contributed by atoms with E-state index in [4.69, 9.17) is 5.11 Å². The van der Waals surface area contributed by atoms with Crippen molar-refractivity contribution < 1.29 is 32.9 Å². The lowest BCUT2D eigenvalue weighted by atomic mass is 10.1. The van der Waals surface area contributed by atoms with Gasteiger partial charge in [0.2, 0.25) is 0 Å². The number of alkyl halides is 3. The summed E-state index contributed by atoms with van der Waals surface area (Å²) in [6, 6.07) is 4.87. The largest absolute Gasteiger partial charge is 0.573 e. The first kappa shape index (κ1) is 15.1. The van der Waals surface area contributed by atoms with Crippen molar-refractivity contribution >= 4 is 11.7 Å². The fraction of sp³-hybridized carbons (Fsp3) is 0.364. The van der Waals surface area contributed by atoms with Crippen molar-refractivity contribution in [1.82, 2.24) is 0 Å². The monoisotopic (exact) mass is 279 g/mol. The van der Waals surface area contributed by atoms with Gasteiger partial charge in [0.05, 0.1) is 6.54 Å². The number of ether oxygens (including phenoxy) is 1. The van der Waals surface area contributed by atoms with E-state index in [0.717, 1.165) is 19.1 Å². The van der Waals surface area contributed by atoms with E-state index >= 15 is 0 Å². The van der Waals surface area contributed by atoms with Gasteiger partial charge in [-0.05, 0) is 19.1 Å². The molecule has 1 atom stereocenters. The Labute approximate surface area is 106 Å². The highest BCUT2D eigenvalue weighted by molar-refractivity contribution is 5.77. The third-order valence-corrected chi connectivity index (χ3v) is 2.17. The number of rotatable bonds is 5. The fourth-order valence-corrected chi connectivity index (χ4v) is 1.15. The molecule has 1 unspecified atom stereocenters. The van der Waals surface area contributed by atoms with E-state index in [1.807, 2.05) is 0 Å². The van der Waals surface area contributed by atoms with Gasteiger partial charge >= 0.3 is 12.3 Å². The summed E-state index contributed by atoms with van der Waals surface area (Å²) in [4.78, 5) is 10.6. The van der Waals surface area contributed by atoms with Gasteiger partial charge in [-0.15, -0.1) is 13.2 Å². The first-order valence-corrected chi connectivity index (χ1v) is 5.16. The highest BCUT2D eigenvalue weighted by Crippen LogP contribution is 2.25. The molecule has 1 aromatic rings. The maximum atomic E-state index is 12.0. The Kier molecular flexibility index (Phi) is 4.25. The second-order valence-electron chi connectivity index (χ2n) is 4.01. The van der Waals surface area contributed by atoms with Crippen molar-refractivity contribution in [2.75, 3.05) is 11.9 Å². The van der Waals surface area contributed by atoms with Gasteiger partial charge in [0, 0.05) is 11.8 Å². The van der Waals surface area contributed by atoms with Gasteiger partial charge in [0.15, 0.2) is 5.60 Å². The Morgan fingerprint density at radius 1 is 1.42 bits per heavy atom. The SMILES string of the molecule is CC(O)(CNc1cccc(OC(F)(F)F)c1)C(=O)O. The molecule has 1 rings (SSSR count). The van der Waals surface area contributed by atoms with E-state index < -0.39 is 23.7 Å². The predicted molar refractivity (Wildman–Crippen MR) is 59.9 cm³/mol. The molecule has 3 N–H and O–H groups in total. The van der Waals surface area contributed by atoms with E-state index in [-0.39, 0.29) is 12.2 Å². The van der Waals surface area contributed by atoms with Gasteiger partial charge in [-0.25, -0.2) is 4.79 Å². The number of benzene rings is 1. The van der Waals surface area contributed by atoms with Crippen molar-refractivity contribution in [1.29, 1.82) is 0 Å². The molecule has 1 aromatic carbocycles. The number of hydrogen-bond donors (Lipinski definition) is 3. The lowest BCUT2D eigenvalue weighted by Gasteiger charge is -2.19. The highest BCUT2D eigenvalue weighted by atomic mass is 19.4. The maximum Gasteiger partial charge on any atom is 0.573 e. The fourth-order valence-electron chi connectivity index (χ4n) is 1.15. The first-order valence-electron chi connectivity index (χ1n) is 5.16. The second-order valence-corrected chi connectivity index (χ2v) is 4.01. The van der Waals surface area contributed by atoms with Crippen molar-refractivity contribution in [3.8, 4) is 5.75 Å². The molecule has 0 spiro atoms. The van der Waals surface area contributed by atoms with Gasteiger partial charge in [0.25, 0.3) is 0 Å². The molecule has 19 heavy (non-hydrogen) atoms. The number of carboxylic acids is 1. The number of anilines is 1. The number of hydrogen-bond acceptors (Lipinski definition) is 4. The summed E-state index contributed by atoms with van der Waals surface area (Å²) in [7, 11) is 0. The zero-order valence-corrected chi connectivity index (χ0v) is 9.86. The zero-order valence-electron chi connectivity index (χ0n) is 9.86. The summed E-state index contributed by atoms with van der Waals surface area (Å²) in [6.07, 6.45) is -4.80. The number of carbonyl (C=O) groups is 1. The molecule has 0 heterocycles. The summed E-state index contributed by atoms with van der Waals surface area (Å²) >= 11 is 0. The van der Waals surface area contributed by atoms with E-state index in [9.17, 15) is 23.1 Å². The molecule has 0 bridgehead atoms. The average Bonchev–Trinajstić information content (AvgIpc) is 2.24. The number of aliphatic hydroxyl groups is 1. The smallest absolute Gasteiger partial charge is 0.479 e. The molecule has 8 heteroatoms. The number of halogens is 3. The van der Waals surface area contributed by atoms with Crippen LogP contribution >= 0.6 is 0 Å². The molecule has 0 amide bonds. The Bertz CT molecular complexity index is 459. The number of aliphatic carboxylic acids is 1. The van der Waals surface area contributed by atoms with Crippen molar-refractivity contribution in [2.24, 2.45) is 0 Å². The molecule has 0 aromatic heterocycles. The molecule has 106 valence electrons. The van der Waals surface area contributed by atoms with E-state index in [0.29, 0.717) is 0 Å². The summed E-state index contributed by atoms with van der Waals surface area (Å²) in [5.41, 5.74) is -1.83. The zero-order chi connectivity index (χ0) is 14.7.